The van der Waals surface area contributed by atoms with E-state index >= 15 is 0 Å². The van der Waals surface area contributed by atoms with Crippen LogP contribution in [0.2, 0.25) is 0 Å². The van der Waals surface area contributed by atoms with Gasteiger partial charge in [0.25, 0.3) is 5.91 Å². The smallest absolute Gasteiger partial charge is 0.407 e. The normalized spacial score (nSPS) is 12.8. The van der Waals surface area contributed by atoms with Gasteiger partial charge in [0.05, 0.1) is 30.5 Å². The van der Waals surface area contributed by atoms with Crippen molar-refractivity contribution < 1.29 is 24.2 Å². The number of rotatable bonds is 9. The summed E-state index contributed by atoms with van der Waals surface area (Å²) in [5, 5.41) is 27.1. The largest absolute Gasteiger partial charge is 0.444 e. The summed E-state index contributed by atoms with van der Waals surface area (Å²) in [6, 6.07) is 22.1. The number of hydrogen-bond donors (Lipinski definition) is 4. The van der Waals surface area contributed by atoms with Crippen LogP contribution in [0.4, 0.5) is 4.79 Å². The van der Waals surface area contributed by atoms with Gasteiger partial charge in [0.2, 0.25) is 5.91 Å². The Hall–Kier alpha value is -5.27. The predicted molar refractivity (Wildman–Crippen MR) is 177 cm³/mol. The summed E-state index contributed by atoms with van der Waals surface area (Å²) in [6.07, 6.45) is 1.82. The molecule has 0 saturated carbocycles. The number of nitrogens with zero attached hydrogens (tertiary/aromatic N) is 2. The Bertz CT molecular complexity index is 1740. The number of ether oxygens (including phenoxy) is 1. The first-order valence-electron chi connectivity index (χ1n) is 15.0. The standard InChI is InChI=1S/C36H39N5O5/c1-35(2,3)46-34(45)39-22-36(4,5)29-11-7-10-27(18-29)33(44)38-20-32(43)41-31-13-12-30(40-31)26-9-6-8-25(17-26)28-15-23(19-37)14-24(16-28)21-42/h6-12,14-18,42H,13,20-22H2,1-5H3,(H,38,44)(H,39,45)(H,40,41,43). The molecule has 0 atom stereocenters. The molecule has 4 rings (SSSR count). The fraction of sp³-hybridized carbons (Fsp3) is 0.306. The van der Waals surface area contributed by atoms with Crippen LogP contribution in [0.1, 0.15) is 73.7 Å². The van der Waals surface area contributed by atoms with Crippen molar-refractivity contribution in [3.8, 4) is 17.2 Å². The first kappa shape index (κ1) is 33.6. The maximum absolute atomic E-state index is 12.9. The summed E-state index contributed by atoms with van der Waals surface area (Å²) in [7, 11) is 0. The number of amidine groups is 1. The van der Waals surface area contributed by atoms with E-state index in [-0.39, 0.29) is 13.2 Å². The third kappa shape index (κ3) is 9.13. The Labute approximate surface area is 269 Å². The lowest BCUT2D eigenvalue weighted by Crippen LogP contribution is -2.40. The van der Waals surface area contributed by atoms with Gasteiger partial charge in [0, 0.05) is 29.5 Å². The molecule has 10 heteroatoms. The predicted octanol–water partition coefficient (Wildman–Crippen LogP) is 5.21. The van der Waals surface area contributed by atoms with E-state index in [1.807, 2.05) is 56.3 Å². The number of alkyl carbamates (subject to hydrolysis) is 1. The fourth-order valence-corrected chi connectivity index (χ4v) is 4.82. The van der Waals surface area contributed by atoms with Crippen LogP contribution in [-0.4, -0.2) is 47.5 Å². The minimum absolute atomic E-state index is 0.166. The molecule has 3 amide bonds. The third-order valence-electron chi connectivity index (χ3n) is 7.21. The highest BCUT2D eigenvalue weighted by Crippen LogP contribution is 2.28. The Morgan fingerprint density at radius 1 is 0.935 bits per heavy atom. The maximum Gasteiger partial charge on any atom is 0.407 e. The molecule has 0 aromatic heterocycles. The lowest BCUT2D eigenvalue weighted by Gasteiger charge is -2.27. The van der Waals surface area contributed by atoms with Crippen LogP contribution in [-0.2, 0) is 21.6 Å². The average molecular weight is 622 g/mol. The number of aliphatic imine (C=N–C) groups is 1. The molecule has 4 N–H and O–H groups in total. The van der Waals surface area contributed by atoms with Crippen molar-refractivity contribution >= 4 is 29.4 Å². The van der Waals surface area contributed by atoms with Crippen molar-refractivity contribution in [2.75, 3.05) is 13.1 Å². The van der Waals surface area contributed by atoms with Gasteiger partial charge in [-0.05, 0) is 79.4 Å². The number of carbonyl (C=O) groups excluding carboxylic acids is 3. The van der Waals surface area contributed by atoms with Crippen molar-refractivity contribution in [3.05, 3.63) is 101 Å². The van der Waals surface area contributed by atoms with Crippen LogP contribution in [0, 0.1) is 11.3 Å². The van der Waals surface area contributed by atoms with Crippen molar-refractivity contribution in [1.82, 2.24) is 16.0 Å². The maximum atomic E-state index is 12.9. The van der Waals surface area contributed by atoms with E-state index in [9.17, 15) is 24.8 Å². The van der Waals surface area contributed by atoms with Crippen LogP contribution in [0.15, 0.2) is 77.8 Å². The number of aliphatic hydroxyl groups excluding tert-OH is 1. The molecule has 0 spiro atoms. The van der Waals surface area contributed by atoms with Gasteiger partial charge in [-0.2, -0.15) is 5.26 Å². The second kappa shape index (κ2) is 14.2. The molecule has 0 fully saturated rings. The van der Waals surface area contributed by atoms with Gasteiger partial charge in [-0.15, -0.1) is 0 Å². The van der Waals surface area contributed by atoms with Gasteiger partial charge in [-0.1, -0.05) is 50.3 Å². The number of amides is 3. The van der Waals surface area contributed by atoms with Gasteiger partial charge in [0.15, 0.2) is 0 Å². The van der Waals surface area contributed by atoms with Gasteiger partial charge in [-0.3, -0.25) is 9.59 Å². The molecule has 1 heterocycles. The summed E-state index contributed by atoms with van der Waals surface area (Å²) in [4.78, 5) is 42.3. The Kier molecular flexibility index (Phi) is 10.4. The van der Waals surface area contributed by atoms with Crippen LogP contribution in [0.3, 0.4) is 0 Å². The van der Waals surface area contributed by atoms with Crippen molar-refractivity contribution in [3.63, 3.8) is 0 Å². The minimum atomic E-state index is -0.604. The van der Waals surface area contributed by atoms with E-state index in [2.05, 4.69) is 27.0 Å². The summed E-state index contributed by atoms with van der Waals surface area (Å²) in [5.41, 5.74) is 4.47. The van der Waals surface area contributed by atoms with E-state index in [1.165, 1.54) is 0 Å². The highest BCUT2D eigenvalue weighted by molar-refractivity contribution is 6.05. The number of aliphatic hydroxyl groups is 1. The summed E-state index contributed by atoms with van der Waals surface area (Å²) in [6.45, 7) is 9.20. The number of carbonyl (C=O) groups is 3. The summed E-state index contributed by atoms with van der Waals surface area (Å²) < 4.78 is 5.32. The molecular formula is C36H39N5O5. The number of hydrogen-bond acceptors (Lipinski definition) is 7. The molecular weight excluding hydrogens is 582 g/mol. The molecule has 1 aliphatic rings. The van der Waals surface area contributed by atoms with Crippen molar-refractivity contribution in [1.29, 1.82) is 5.26 Å². The molecule has 46 heavy (non-hydrogen) atoms. The second-order valence-electron chi connectivity index (χ2n) is 12.7. The van der Waals surface area contributed by atoms with Gasteiger partial charge >= 0.3 is 6.09 Å². The van der Waals surface area contributed by atoms with Crippen molar-refractivity contribution in [2.24, 2.45) is 4.99 Å². The second-order valence-corrected chi connectivity index (χ2v) is 12.7. The lowest BCUT2D eigenvalue weighted by molar-refractivity contribution is -0.118. The summed E-state index contributed by atoms with van der Waals surface area (Å²) >= 11 is 0. The van der Waals surface area contributed by atoms with E-state index in [4.69, 9.17) is 4.74 Å². The van der Waals surface area contributed by atoms with Crippen LogP contribution >= 0.6 is 0 Å². The number of benzene rings is 3. The van der Waals surface area contributed by atoms with Crippen molar-refractivity contribution in [2.45, 2.75) is 58.7 Å². The van der Waals surface area contributed by atoms with E-state index < -0.39 is 28.9 Å². The molecule has 1 aliphatic heterocycles. The zero-order valence-corrected chi connectivity index (χ0v) is 26.7. The Morgan fingerprint density at radius 2 is 1.67 bits per heavy atom. The topological polar surface area (TPSA) is 153 Å². The molecule has 0 bridgehead atoms. The Morgan fingerprint density at radius 3 is 2.39 bits per heavy atom. The molecule has 10 nitrogen and oxygen atoms in total. The quantitative estimate of drug-likeness (QED) is 0.257. The molecule has 0 aliphatic carbocycles. The average Bonchev–Trinajstić information content (AvgIpc) is 3.50. The molecule has 3 aromatic carbocycles. The Balaban J connectivity index is 1.33. The van der Waals surface area contributed by atoms with E-state index in [1.54, 1.807) is 51.1 Å². The van der Waals surface area contributed by atoms with Gasteiger partial charge in [-0.25, -0.2) is 9.79 Å². The van der Waals surface area contributed by atoms with Gasteiger partial charge in [0.1, 0.15) is 11.4 Å². The van der Waals surface area contributed by atoms with Gasteiger partial charge < -0.3 is 25.8 Å². The first-order chi connectivity index (χ1) is 21.8. The number of nitriles is 1. The third-order valence-corrected chi connectivity index (χ3v) is 7.21. The molecule has 3 aromatic rings. The first-order valence-corrected chi connectivity index (χ1v) is 15.0. The van der Waals surface area contributed by atoms with E-state index in [0.29, 0.717) is 41.2 Å². The molecule has 0 radical (unpaired) electrons. The highest BCUT2D eigenvalue weighted by Gasteiger charge is 2.25. The minimum Gasteiger partial charge on any atom is -0.444 e. The highest BCUT2D eigenvalue weighted by atomic mass is 16.6. The molecule has 0 unspecified atom stereocenters. The van der Waals surface area contributed by atoms with E-state index in [0.717, 1.165) is 22.3 Å². The zero-order valence-electron chi connectivity index (χ0n) is 26.7. The number of nitrogens with one attached hydrogen (secondary N) is 3. The zero-order chi connectivity index (χ0) is 33.5. The SMILES string of the molecule is CC(C)(C)OC(=O)NCC(C)(C)c1cccc(C(=O)NCC(=O)NC2=NC(c3cccc(-c4cc(C#N)cc(CO)c4)c3)=CC2)c1. The fourth-order valence-electron chi connectivity index (χ4n) is 4.82. The lowest BCUT2D eigenvalue weighted by atomic mass is 9.84. The summed E-state index contributed by atoms with van der Waals surface area (Å²) in [5.74, 6) is -0.338. The van der Waals surface area contributed by atoms with Crippen LogP contribution < -0.4 is 16.0 Å². The molecule has 0 saturated heterocycles. The van der Waals surface area contributed by atoms with Crippen LogP contribution in [0.5, 0.6) is 0 Å². The monoisotopic (exact) mass is 621 g/mol. The molecule has 238 valence electrons. The van der Waals surface area contributed by atoms with Crippen LogP contribution in [0.25, 0.3) is 16.8 Å².